The van der Waals surface area contributed by atoms with E-state index in [4.69, 9.17) is 5.73 Å². The summed E-state index contributed by atoms with van der Waals surface area (Å²) in [7, 11) is 0. The Balaban J connectivity index is 2.13. The van der Waals surface area contributed by atoms with Gasteiger partial charge in [0.2, 0.25) is 0 Å². The van der Waals surface area contributed by atoms with E-state index in [-0.39, 0.29) is 23.1 Å². The zero-order chi connectivity index (χ0) is 13.1. The number of amides is 1. The molecule has 0 unspecified atom stereocenters. The van der Waals surface area contributed by atoms with Crippen molar-refractivity contribution >= 4 is 23.2 Å². The number of hydrogen-bond donors (Lipinski definition) is 3. The molecule has 0 aliphatic carbocycles. The number of Topliss-reactive ketones (excluding diaryl/α,β-unsaturated/α-hetero) is 1. The Kier molecular flexibility index (Phi) is 3.09. The molecular formula is C12H12N4O2. The van der Waals surface area contributed by atoms with Gasteiger partial charge in [0.25, 0.3) is 5.91 Å². The lowest BCUT2D eigenvalue weighted by Crippen LogP contribution is -2.13. The van der Waals surface area contributed by atoms with Crippen LogP contribution in [-0.4, -0.2) is 21.9 Å². The average Bonchev–Trinajstić information content (AvgIpc) is 2.76. The minimum absolute atomic E-state index is 0.0213. The van der Waals surface area contributed by atoms with Crippen LogP contribution in [0, 0.1) is 0 Å². The number of carbonyl (C=O) groups is 2. The Morgan fingerprint density at radius 3 is 2.44 bits per heavy atom. The second kappa shape index (κ2) is 4.70. The van der Waals surface area contributed by atoms with Crippen LogP contribution in [-0.2, 0) is 0 Å². The Hall–Kier alpha value is -2.63. The van der Waals surface area contributed by atoms with Gasteiger partial charge in [0, 0.05) is 11.3 Å². The molecular weight excluding hydrogens is 232 g/mol. The van der Waals surface area contributed by atoms with E-state index in [1.165, 1.54) is 13.1 Å². The van der Waals surface area contributed by atoms with Gasteiger partial charge < -0.3 is 11.1 Å². The lowest BCUT2D eigenvalue weighted by Gasteiger charge is -2.04. The average molecular weight is 244 g/mol. The molecule has 0 radical (unpaired) electrons. The summed E-state index contributed by atoms with van der Waals surface area (Å²) in [6, 6.07) is 6.61. The van der Waals surface area contributed by atoms with Gasteiger partial charge in [0.1, 0.15) is 11.4 Å². The molecule has 0 aliphatic rings. The number of ketones is 1. The van der Waals surface area contributed by atoms with Crippen molar-refractivity contribution in [3.63, 3.8) is 0 Å². The van der Waals surface area contributed by atoms with Crippen LogP contribution in [0.5, 0.6) is 0 Å². The molecule has 0 saturated heterocycles. The lowest BCUT2D eigenvalue weighted by molar-refractivity contribution is 0.101. The number of hydrogen-bond acceptors (Lipinski definition) is 4. The number of aromatic nitrogens is 2. The van der Waals surface area contributed by atoms with Gasteiger partial charge in [0.15, 0.2) is 5.78 Å². The topological polar surface area (TPSA) is 101 Å². The molecule has 2 aromatic rings. The van der Waals surface area contributed by atoms with Gasteiger partial charge in [-0.05, 0) is 31.2 Å². The molecule has 0 bridgehead atoms. The monoisotopic (exact) mass is 244 g/mol. The van der Waals surface area contributed by atoms with Crippen LogP contribution in [0.3, 0.4) is 0 Å². The van der Waals surface area contributed by atoms with Gasteiger partial charge in [-0.1, -0.05) is 0 Å². The first-order valence-electron chi connectivity index (χ1n) is 5.29. The zero-order valence-electron chi connectivity index (χ0n) is 9.73. The van der Waals surface area contributed by atoms with Gasteiger partial charge in [0.05, 0.1) is 6.20 Å². The van der Waals surface area contributed by atoms with Gasteiger partial charge in [-0.25, -0.2) is 0 Å². The Labute approximate surface area is 103 Å². The highest BCUT2D eigenvalue weighted by molar-refractivity contribution is 6.07. The number of rotatable bonds is 3. The van der Waals surface area contributed by atoms with Gasteiger partial charge in [-0.2, -0.15) is 5.10 Å². The summed E-state index contributed by atoms with van der Waals surface area (Å²) < 4.78 is 0. The first-order chi connectivity index (χ1) is 8.58. The standard InChI is InChI=1S/C12H12N4O2/c1-7(17)8-2-4-9(5-3-8)15-12(18)10-6-14-16-11(10)13/h2-6H,1H3,(H,15,18)(H3,13,14,16). The number of H-pyrrole nitrogens is 1. The number of anilines is 2. The lowest BCUT2D eigenvalue weighted by atomic mass is 10.1. The van der Waals surface area contributed by atoms with Crippen molar-refractivity contribution in [1.82, 2.24) is 10.2 Å². The van der Waals surface area contributed by atoms with Crippen molar-refractivity contribution in [3.8, 4) is 0 Å². The second-order valence-electron chi connectivity index (χ2n) is 3.79. The van der Waals surface area contributed by atoms with Crippen LogP contribution in [0.1, 0.15) is 27.6 Å². The summed E-state index contributed by atoms with van der Waals surface area (Å²) in [6.45, 7) is 1.49. The minimum atomic E-state index is -0.350. The Bertz CT molecular complexity index is 586. The number of carbonyl (C=O) groups excluding carboxylic acids is 2. The fraction of sp³-hybridized carbons (Fsp3) is 0.0833. The van der Waals surface area contributed by atoms with Crippen molar-refractivity contribution in [1.29, 1.82) is 0 Å². The molecule has 92 valence electrons. The summed E-state index contributed by atoms with van der Waals surface area (Å²) in [4.78, 5) is 22.9. The van der Waals surface area contributed by atoms with Crippen molar-refractivity contribution in [2.45, 2.75) is 6.92 Å². The van der Waals surface area contributed by atoms with Crippen molar-refractivity contribution in [2.75, 3.05) is 11.1 Å². The van der Waals surface area contributed by atoms with Crippen LogP contribution >= 0.6 is 0 Å². The first-order valence-corrected chi connectivity index (χ1v) is 5.29. The summed E-state index contributed by atoms with van der Waals surface area (Å²) in [5.41, 5.74) is 7.00. The maximum atomic E-state index is 11.8. The van der Waals surface area contributed by atoms with Crippen molar-refractivity contribution in [3.05, 3.63) is 41.6 Å². The molecule has 6 nitrogen and oxygen atoms in total. The van der Waals surface area contributed by atoms with E-state index in [2.05, 4.69) is 15.5 Å². The normalized spacial score (nSPS) is 10.1. The molecule has 0 spiro atoms. The quantitative estimate of drug-likeness (QED) is 0.711. The number of aromatic amines is 1. The van der Waals surface area contributed by atoms with E-state index in [9.17, 15) is 9.59 Å². The van der Waals surface area contributed by atoms with Crippen LogP contribution in [0.4, 0.5) is 11.5 Å². The van der Waals surface area contributed by atoms with E-state index < -0.39 is 0 Å². The van der Waals surface area contributed by atoms with E-state index in [0.29, 0.717) is 11.3 Å². The summed E-state index contributed by atoms with van der Waals surface area (Å²) >= 11 is 0. The van der Waals surface area contributed by atoms with Gasteiger partial charge in [-0.3, -0.25) is 14.7 Å². The minimum Gasteiger partial charge on any atom is -0.383 e. The number of nitrogen functional groups attached to an aromatic ring is 1. The zero-order valence-corrected chi connectivity index (χ0v) is 9.73. The summed E-state index contributed by atoms with van der Waals surface area (Å²) in [6.07, 6.45) is 1.36. The molecule has 1 amide bonds. The highest BCUT2D eigenvalue weighted by atomic mass is 16.1. The molecule has 0 fully saturated rings. The molecule has 1 aromatic heterocycles. The number of benzene rings is 1. The van der Waals surface area contributed by atoms with Crippen LogP contribution in [0.2, 0.25) is 0 Å². The predicted octanol–water partition coefficient (Wildman–Crippen LogP) is 1.45. The number of nitrogens with two attached hydrogens (primary N) is 1. The molecule has 6 heteroatoms. The van der Waals surface area contributed by atoms with Gasteiger partial charge in [-0.15, -0.1) is 0 Å². The van der Waals surface area contributed by atoms with Crippen LogP contribution in [0.15, 0.2) is 30.5 Å². The fourth-order valence-electron chi connectivity index (χ4n) is 1.46. The highest BCUT2D eigenvalue weighted by Gasteiger charge is 2.11. The molecule has 1 heterocycles. The van der Waals surface area contributed by atoms with Gasteiger partial charge >= 0.3 is 0 Å². The van der Waals surface area contributed by atoms with Crippen molar-refractivity contribution < 1.29 is 9.59 Å². The molecule has 1 aromatic carbocycles. The molecule has 0 saturated carbocycles. The third kappa shape index (κ3) is 2.37. The largest absolute Gasteiger partial charge is 0.383 e. The maximum Gasteiger partial charge on any atom is 0.261 e. The van der Waals surface area contributed by atoms with Crippen molar-refractivity contribution in [2.24, 2.45) is 0 Å². The third-order valence-corrected chi connectivity index (χ3v) is 2.46. The Morgan fingerprint density at radius 2 is 1.94 bits per heavy atom. The summed E-state index contributed by atoms with van der Waals surface area (Å²) in [5.74, 6) is -0.156. The molecule has 2 rings (SSSR count). The smallest absolute Gasteiger partial charge is 0.261 e. The maximum absolute atomic E-state index is 11.8. The molecule has 18 heavy (non-hydrogen) atoms. The predicted molar refractivity (Wildman–Crippen MR) is 67.4 cm³/mol. The van der Waals surface area contributed by atoms with Crippen LogP contribution < -0.4 is 11.1 Å². The SMILES string of the molecule is CC(=O)c1ccc(NC(=O)c2cn[nH]c2N)cc1. The fourth-order valence-corrected chi connectivity index (χ4v) is 1.46. The van der Waals surface area contributed by atoms with E-state index in [1.807, 2.05) is 0 Å². The van der Waals surface area contributed by atoms with E-state index in [1.54, 1.807) is 24.3 Å². The molecule has 0 aliphatic heterocycles. The second-order valence-corrected chi connectivity index (χ2v) is 3.79. The number of nitrogens with one attached hydrogen (secondary N) is 2. The Morgan fingerprint density at radius 1 is 1.28 bits per heavy atom. The first kappa shape index (κ1) is 11.8. The molecule has 0 atom stereocenters. The molecule has 4 N–H and O–H groups in total. The van der Waals surface area contributed by atoms with E-state index in [0.717, 1.165) is 0 Å². The third-order valence-electron chi connectivity index (χ3n) is 2.46. The van der Waals surface area contributed by atoms with Crippen LogP contribution in [0.25, 0.3) is 0 Å². The number of nitrogens with zero attached hydrogens (tertiary/aromatic N) is 1. The summed E-state index contributed by atoms with van der Waals surface area (Å²) in [5, 5.41) is 8.81. The van der Waals surface area contributed by atoms with E-state index >= 15 is 0 Å². The highest BCUT2D eigenvalue weighted by Crippen LogP contribution is 2.13.